The molecule has 6 aromatic rings. The topological polar surface area (TPSA) is 63.8 Å². The molecule has 3 atom stereocenters. The van der Waals surface area contributed by atoms with Crippen molar-refractivity contribution in [2.24, 2.45) is 0 Å². The number of ether oxygens (including phenoxy) is 3. The fourth-order valence-corrected chi connectivity index (χ4v) is 6.24. The average molecular weight is 766 g/mol. The molecule has 0 aliphatic rings. The van der Waals surface area contributed by atoms with Gasteiger partial charge in [0.1, 0.15) is 35.6 Å². The minimum atomic E-state index is 0.0924. The molecule has 300 valence electrons. The molecule has 6 aromatic carbocycles. The molecule has 6 rings (SSSR count). The standard InChI is InChI=1S/3C17H21NO/c3*1-14-8-6-7-11-16(14)19-17(12-13-18-2)15-9-4-3-5-10-15/h3*3-11,17-18H,12-13H2,1-2H3. The number of para-hydroxylation sites is 3. The van der Waals surface area contributed by atoms with E-state index in [0.717, 1.165) is 56.1 Å². The van der Waals surface area contributed by atoms with Crippen LogP contribution in [0.5, 0.6) is 17.2 Å². The Kier molecular flexibility index (Phi) is 20.0. The molecule has 6 nitrogen and oxygen atoms in total. The molecule has 3 unspecified atom stereocenters. The van der Waals surface area contributed by atoms with Crippen molar-refractivity contribution in [2.45, 2.75) is 58.3 Å². The van der Waals surface area contributed by atoms with Crippen LogP contribution < -0.4 is 30.2 Å². The number of hydrogen-bond acceptors (Lipinski definition) is 6. The lowest BCUT2D eigenvalue weighted by Gasteiger charge is -2.20. The number of benzene rings is 6. The predicted molar refractivity (Wildman–Crippen MR) is 239 cm³/mol. The normalized spacial score (nSPS) is 12.1. The summed E-state index contributed by atoms with van der Waals surface area (Å²) in [6.07, 6.45) is 3.14. The fourth-order valence-electron chi connectivity index (χ4n) is 6.24. The summed E-state index contributed by atoms with van der Waals surface area (Å²) in [5, 5.41) is 9.56. The van der Waals surface area contributed by atoms with E-state index in [9.17, 15) is 0 Å². The van der Waals surface area contributed by atoms with Crippen molar-refractivity contribution in [3.05, 3.63) is 197 Å². The van der Waals surface area contributed by atoms with Crippen molar-refractivity contribution in [1.29, 1.82) is 0 Å². The third-order valence-electron chi connectivity index (χ3n) is 9.57. The third kappa shape index (κ3) is 15.6. The largest absolute Gasteiger partial charge is 0.485 e. The summed E-state index contributed by atoms with van der Waals surface area (Å²) in [5.74, 6) is 2.90. The summed E-state index contributed by atoms with van der Waals surface area (Å²) >= 11 is 0. The molecule has 0 aliphatic heterocycles. The van der Waals surface area contributed by atoms with E-state index >= 15 is 0 Å². The van der Waals surface area contributed by atoms with Crippen LogP contribution in [0.2, 0.25) is 0 Å². The smallest absolute Gasteiger partial charge is 0.125 e. The number of hydrogen-bond donors (Lipinski definition) is 3. The summed E-state index contributed by atoms with van der Waals surface area (Å²) in [6.45, 7) is 9.04. The zero-order chi connectivity index (χ0) is 40.5. The SMILES string of the molecule is CNCCC(Oc1ccccc1C)c1ccccc1.CNCCC(Oc1ccccc1C)c1ccccc1.CNCCC(Oc1ccccc1C)c1ccccc1. The van der Waals surface area contributed by atoms with E-state index in [2.05, 4.69) is 128 Å². The van der Waals surface area contributed by atoms with Gasteiger partial charge in [-0.25, -0.2) is 0 Å². The maximum Gasteiger partial charge on any atom is 0.125 e. The Balaban J connectivity index is 0.000000189. The van der Waals surface area contributed by atoms with Crippen LogP contribution in [0.15, 0.2) is 164 Å². The van der Waals surface area contributed by atoms with Gasteiger partial charge in [0.25, 0.3) is 0 Å². The Hall–Kier alpha value is -5.40. The maximum absolute atomic E-state index is 6.19. The Morgan fingerprint density at radius 1 is 0.333 bits per heavy atom. The van der Waals surface area contributed by atoms with Crippen LogP contribution in [-0.4, -0.2) is 40.8 Å². The summed E-state index contributed by atoms with van der Waals surface area (Å²) in [6, 6.07) is 55.7. The highest BCUT2D eigenvalue weighted by atomic mass is 16.5. The van der Waals surface area contributed by atoms with Crippen molar-refractivity contribution in [3.63, 3.8) is 0 Å². The van der Waals surface area contributed by atoms with E-state index in [4.69, 9.17) is 14.2 Å². The molecule has 0 saturated heterocycles. The van der Waals surface area contributed by atoms with Gasteiger partial charge in [-0.3, -0.25) is 0 Å². The van der Waals surface area contributed by atoms with Gasteiger partial charge in [-0.15, -0.1) is 0 Å². The second-order valence-electron chi connectivity index (χ2n) is 14.0. The van der Waals surface area contributed by atoms with Gasteiger partial charge >= 0.3 is 0 Å². The molecule has 0 heterocycles. The minimum Gasteiger partial charge on any atom is -0.485 e. The number of rotatable bonds is 18. The van der Waals surface area contributed by atoms with Gasteiger partial charge in [-0.2, -0.15) is 0 Å². The van der Waals surface area contributed by atoms with Gasteiger partial charge in [0.2, 0.25) is 0 Å². The van der Waals surface area contributed by atoms with Gasteiger partial charge < -0.3 is 30.2 Å². The lowest BCUT2D eigenvalue weighted by Crippen LogP contribution is -2.16. The quantitative estimate of drug-likeness (QED) is 0.0810. The van der Waals surface area contributed by atoms with Gasteiger partial charge in [0.05, 0.1) is 0 Å². The number of nitrogens with one attached hydrogen (secondary N) is 3. The van der Waals surface area contributed by atoms with Crippen molar-refractivity contribution in [2.75, 3.05) is 40.8 Å². The third-order valence-corrected chi connectivity index (χ3v) is 9.57. The van der Waals surface area contributed by atoms with Crippen LogP contribution in [0.25, 0.3) is 0 Å². The van der Waals surface area contributed by atoms with E-state index in [1.165, 1.54) is 33.4 Å². The summed E-state index contributed by atoms with van der Waals surface area (Å²) < 4.78 is 18.6. The van der Waals surface area contributed by atoms with Crippen LogP contribution in [0.4, 0.5) is 0 Å². The van der Waals surface area contributed by atoms with E-state index < -0.39 is 0 Å². The van der Waals surface area contributed by atoms with E-state index in [-0.39, 0.29) is 18.3 Å². The van der Waals surface area contributed by atoms with Crippen molar-refractivity contribution in [1.82, 2.24) is 16.0 Å². The first-order valence-electron chi connectivity index (χ1n) is 20.2. The summed E-state index contributed by atoms with van der Waals surface area (Å²) in [4.78, 5) is 0. The molecule has 0 radical (unpaired) electrons. The first-order chi connectivity index (χ1) is 27.9. The molecular formula is C51H63N3O3. The van der Waals surface area contributed by atoms with Crippen LogP contribution in [0, 0.1) is 20.8 Å². The van der Waals surface area contributed by atoms with Crippen LogP contribution in [0.1, 0.15) is 71.0 Å². The lowest BCUT2D eigenvalue weighted by atomic mass is 10.1. The molecule has 0 saturated carbocycles. The summed E-state index contributed by atoms with van der Waals surface area (Å²) in [5.41, 5.74) is 7.19. The van der Waals surface area contributed by atoms with E-state index in [1.807, 2.05) is 93.9 Å². The second kappa shape index (κ2) is 25.7. The Bertz CT molecular complexity index is 1710. The van der Waals surface area contributed by atoms with Gasteiger partial charge in [0.15, 0.2) is 0 Å². The highest BCUT2D eigenvalue weighted by Crippen LogP contribution is 2.29. The Labute approximate surface area is 342 Å². The maximum atomic E-state index is 6.19. The van der Waals surface area contributed by atoms with Crippen LogP contribution in [-0.2, 0) is 0 Å². The molecular weight excluding hydrogens is 703 g/mol. The first kappa shape index (κ1) is 44.3. The Morgan fingerprint density at radius 2 is 0.561 bits per heavy atom. The molecule has 0 amide bonds. The van der Waals surface area contributed by atoms with Gasteiger partial charge in [0, 0.05) is 19.3 Å². The van der Waals surface area contributed by atoms with Crippen molar-refractivity contribution in [3.8, 4) is 17.2 Å². The average Bonchev–Trinajstić information content (AvgIpc) is 3.26. The molecule has 0 aromatic heterocycles. The lowest BCUT2D eigenvalue weighted by molar-refractivity contribution is 0.193. The predicted octanol–water partition coefficient (Wildman–Crippen LogP) is 11.2. The van der Waals surface area contributed by atoms with E-state index in [0.29, 0.717) is 0 Å². The van der Waals surface area contributed by atoms with Gasteiger partial charge in [-0.1, -0.05) is 146 Å². The highest BCUT2D eigenvalue weighted by molar-refractivity contribution is 5.35. The summed E-state index contributed by atoms with van der Waals surface area (Å²) in [7, 11) is 5.90. The molecule has 6 heteroatoms. The van der Waals surface area contributed by atoms with Crippen molar-refractivity contribution < 1.29 is 14.2 Å². The van der Waals surface area contributed by atoms with Crippen LogP contribution >= 0.6 is 0 Å². The first-order valence-corrected chi connectivity index (χ1v) is 20.2. The minimum absolute atomic E-state index is 0.0924. The van der Waals surface area contributed by atoms with E-state index in [1.54, 1.807) is 0 Å². The molecule has 3 N–H and O–H groups in total. The zero-order valence-electron chi connectivity index (χ0n) is 34.8. The molecule has 57 heavy (non-hydrogen) atoms. The molecule has 0 spiro atoms. The molecule has 0 fully saturated rings. The fraction of sp³-hybridized carbons (Fsp3) is 0.294. The second-order valence-corrected chi connectivity index (χ2v) is 14.0. The Morgan fingerprint density at radius 3 is 0.789 bits per heavy atom. The highest BCUT2D eigenvalue weighted by Gasteiger charge is 2.16. The van der Waals surface area contributed by atoms with Crippen LogP contribution in [0.3, 0.4) is 0 Å². The monoisotopic (exact) mass is 765 g/mol. The van der Waals surface area contributed by atoms with Crippen molar-refractivity contribution >= 4 is 0 Å². The molecule has 0 aliphatic carbocycles. The van der Waals surface area contributed by atoms with Gasteiger partial charge in [-0.05, 0) is 113 Å². The molecule has 0 bridgehead atoms. The zero-order valence-corrected chi connectivity index (χ0v) is 34.8. The number of aryl methyl sites for hydroxylation is 3.